The second-order valence-electron chi connectivity index (χ2n) is 6.92. The molecule has 6 nitrogen and oxygen atoms in total. The Morgan fingerprint density at radius 2 is 1.93 bits per heavy atom. The Kier molecular flexibility index (Phi) is 7.04. The van der Waals surface area contributed by atoms with Crippen LogP contribution in [0.25, 0.3) is 0 Å². The summed E-state index contributed by atoms with van der Waals surface area (Å²) in [5, 5.41) is 9.53. The highest BCUT2D eigenvalue weighted by molar-refractivity contribution is 8.12. The second kappa shape index (κ2) is 9.69. The SMILES string of the molecule is CCOc1cc(N(CC2CN=CS2)c2ccc(C(=O)O)cc2)ccc1OC(C)C. The van der Waals surface area contributed by atoms with E-state index in [1.807, 2.05) is 56.6 Å². The van der Waals surface area contributed by atoms with Gasteiger partial charge in [0.05, 0.1) is 30.4 Å². The number of ether oxygens (including phenoxy) is 2. The van der Waals surface area contributed by atoms with Crippen LogP contribution in [-0.2, 0) is 0 Å². The number of anilines is 2. The lowest BCUT2D eigenvalue weighted by Crippen LogP contribution is -2.27. The highest BCUT2D eigenvalue weighted by atomic mass is 32.2. The first-order valence-electron chi connectivity index (χ1n) is 9.66. The summed E-state index contributed by atoms with van der Waals surface area (Å²) in [6.07, 6.45) is 0.0479. The molecule has 0 bridgehead atoms. The van der Waals surface area contributed by atoms with Gasteiger partial charge in [-0.25, -0.2) is 4.79 Å². The van der Waals surface area contributed by atoms with Crippen molar-refractivity contribution in [2.45, 2.75) is 32.1 Å². The molecule has 0 saturated carbocycles. The molecule has 0 saturated heterocycles. The minimum absolute atomic E-state index is 0.0479. The van der Waals surface area contributed by atoms with Crippen LogP contribution in [-0.4, -0.2) is 47.7 Å². The molecule has 0 radical (unpaired) electrons. The van der Waals surface area contributed by atoms with Crippen LogP contribution in [0.15, 0.2) is 47.5 Å². The van der Waals surface area contributed by atoms with Crippen LogP contribution >= 0.6 is 11.8 Å². The number of benzene rings is 2. The molecule has 3 rings (SSSR count). The number of aromatic carboxylic acids is 1. The Labute approximate surface area is 175 Å². The summed E-state index contributed by atoms with van der Waals surface area (Å²) in [6, 6.07) is 12.8. The molecule has 29 heavy (non-hydrogen) atoms. The molecule has 1 aliphatic heterocycles. The minimum Gasteiger partial charge on any atom is -0.490 e. The number of hydrogen-bond donors (Lipinski definition) is 1. The van der Waals surface area contributed by atoms with Crippen molar-refractivity contribution in [3.63, 3.8) is 0 Å². The Hall–Kier alpha value is -2.67. The van der Waals surface area contributed by atoms with Crippen LogP contribution in [0.3, 0.4) is 0 Å². The van der Waals surface area contributed by atoms with Crippen molar-refractivity contribution in [3.8, 4) is 11.5 Å². The van der Waals surface area contributed by atoms with E-state index in [4.69, 9.17) is 9.47 Å². The lowest BCUT2D eigenvalue weighted by atomic mass is 10.1. The summed E-state index contributed by atoms with van der Waals surface area (Å²) < 4.78 is 11.7. The van der Waals surface area contributed by atoms with Crippen LogP contribution < -0.4 is 14.4 Å². The summed E-state index contributed by atoms with van der Waals surface area (Å²) >= 11 is 1.71. The highest BCUT2D eigenvalue weighted by Gasteiger charge is 2.21. The number of carboxylic acids is 1. The number of hydrogen-bond acceptors (Lipinski definition) is 6. The third kappa shape index (κ3) is 5.44. The molecule has 1 unspecified atom stereocenters. The maximum absolute atomic E-state index is 11.2. The molecule has 2 aromatic carbocycles. The van der Waals surface area contributed by atoms with Gasteiger partial charge in [0.2, 0.25) is 0 Å². The highest BCUT2D eigenvalue weighted by Crippen LogP contribution is 2.36. The monoisotopic (exact) mass is 414 g/mol. The van der Waals surface area contributed by atoms with E-state index in [1.165, 1.54) is 0 Å². The molecule has 0 aromatic heterocycles. The summed E-state index contributed by atoms with van der Waals surface area (Å²) in [6.45, 7) is 7.96. The molecule has 154 valence electrons. The fourth-order valence-corrected chi connectivity index (χ4v) is 3.82. The van der Waals surface area contributed by atoms with Gasteiger partial charge in [-0.15, -0.1) is 11.8 Å². The summed E-state index contributed by atoms with van der Waals surface area (Å²) in [5.41, 5.74) is 4.03. The van der Waals surface area contributed by atoms with Crippen molar-refractivity contribution in [2.75, 3.05) is 24.6 Å². The van der Waals surface area contributed by atoms with E-state index in [0.717, 1.165) is 24.5 Å². The average molecular weight is 415 g/mol. The van der Waals surface area contributed by atoms with Crippen LogP contribution in [0.2, 0.25) is 0 Å². The smallest absolute Gasteiger partial charge is 0.335 e. The van der Waals surface area contributed by atoms with Crippen molar-refractivity contribution in [1.29, 1.82) is 0 Å². The van der Waals surface area contributed by atoms with Crippen molar-refractivity contribution in [1.82, 2.24) is 0 Å². The molecule has 2 aromatic rings. The maximum Gasteiger partial charge on any atom is 0.335 e. The third-order valence-corrected chi connectivity index (χ3v) is 5.30. The molecule has 0 amide bonds. The molecule has 0 fully saturated rings. The molecule has 7 heteroatoms. The number of thioether (sulfide) groups is 1. The van der Waals surface area contributed by atoms with Crippen molar-refractivity contribution in [2.24, 2.45) is 4.99 Å². The Morgan fingerprint density at radius 3 is 2.52 bits per heavy atom. The van der Waals surface area contributed by atoms with Crippen molar-refractivity contribution < 1.29 is 19.4 Å². The zero-order chi connectivity index (χ0) is 20.8. The van der Waals surface area contributed by atoms with Gasteiger partial charge in [-0.1, -0.05) is 0 Å². The number of carbonyl (C=O) groups is 1. The van der Waals surface area contributed by atoms with Gasteiger partial charge in [0, 0.05) is 29.2 Å². The van der Waals surface area contributed by atoms with E-state index in [9.17, 15) is 9.90 Å². The maximum atomic E-state index is 11.2. The van der Waals surface area contributed by atoms with E-state index in [0.29, 0.717) is 23.4 Å². The number of aliphatic imine (C=N–C) groups is 1. The number of nitrogens with zero attached hydrogens (tertiary/aromatic N) is 2. The summed E-state index contributed by atoms with van der Waals surface area (Å²) in [7, 11) is 0. The topological polar surface area (TPSA) is 71.4 Å². The molecule has 0 aliphatic carbocycles. The Morgan fingerprint density at radius 1 is 1.21 bits per heavy atom. The van der Waals surface area contributed by atoms with E-state index >= 15 is 0 Å². The fourth-order valence-electron chi connectivity index (χ4n) is 3.07. The number of rotatable bonds is 9. The van der Waals surface area contributed by atoms with Gasteiger partial charge in [0.15, 0.2) is 11.5 Å². The van der Waals surface area contributed by atoms with E-state index in [-0.39, 0.29) is 11.7 Å². The normalized spacial score (nSPS) is 15.5. The van der Waals surface area contributed by atoms with Crippen LogP contribution in [0.1, 0.15) is 31.1 Å². The molecule has 1 N–H and O–H groups in total. The van der Waals surface area contributed by atoms with Gasteiger partial charge >= 0.3 is 5.97 Å². The molecule has 1 heterocycles. The lowest BCUT2D eigenvalue weighted by Gasteiger charge is -2.28. The Balaban J connectivity index is 1.96. The van der Waals surface area contributed by atoms with E-state index in [1.54, 1.807) is 23.9 Å². The molecular formula is C22H26N2O4S. The van der Waals surface area contributed by atoms with Gasteiger partial charge in [0.25, 0.3) is 0 Å². The van der Waals surface area contributed by atoms with Crippen LogP contribution in [0.4, 0.5) is 11.4 Å². The van der Waals surface area contributed by atoms with E-state index < -0.39 is 5.97 Å². The zero-order valence-corrected chi connectivity index (χ0v) is 17.7. The largest absolute Gasteiger partial charge is 0.490 e. The average Bonchev–Trinajstić information content (AvgIpc) is 3.21. The zero-order valence-electron chi connectivity index (χ0n) is 16.9. The third-order valence-electron chi connectivity index (χ3n) is 4.35. The summed E-state index contributed by atoms with van der Waals surface area (Å²) in [4.78, 5) is 17.7. The molecular weight excluding hydrogens is 388 g/mol. The fraction of sp³-hybridized carbons (Fsp3) is 0.364. The van der Waals surface area contributed by atoms with Crippen LogP contribution in [0, 0.1) is 0 Å². The van der Waals surface area contributed by atoms with Crippen molar-refractivity contribution in [3.05, 3.63) is 48.0 Å². The first-order chi connectivity index (χ1) is 14.0. The quantitative estimate of drug-likeness (QED) is 0.632. The first kappa shape index (κ1) is 21.0. The molecule has 1 aliphatic rings. The standard InChI is InChI=1S/C22H26N2O4S/c1-4-27-21-11-18(9-10-20(21)28-15(2)3)24(13-19-12-23-14-29-19)17-7-5-16(6-8-17)22(25)26/h5-11,14-15,19H,4,12-13H2,1-3H3,(H,25,26). The second-order valence-corrected chi connectivity index (χ2v) is 8.07. The van der Waals surface area contributed by atoms with Gasteiger partial charge < -0.3 is 19.5 Å². The number of carboxylic acid groups (broad SMARTS) is 1. The molecule has 0 spiro atoms. The Bertz CT molecular complexity index is 860. The minimum atomic E-state index is -0.934. The van der Waals surface area contributed by atoms with Gasteiger partial charge in [-0.2, -0.15) is 0 Å². The van der Waals surface area contributed by atoms with Gasteiger partial charge in [0.1, 0.15) is 0 Å². The van der Waals surface area contributed by atoms with Crippen molar-refractivity contribution >= 4 is 34.7 Å². The van der Waals surface area contributed by atoms with E-state index in [2.05, 4.69) is 9.89 Å². The van der Waals surface area contributed by atoms with Gasteiger partial charge in [-0.3, -0.25) is 4.99 Å². The van der Waals surface area contributed by atoms with Crippen LogP contribution in [0.5, 0.6) is 11.5 Å². The van der Waals surface area contributed by atoms with Gasteiger partial charge in [-0.05, 0) is 57.2 Å². The predicted octanol–water partition coefficient (Wildman–Crippen LogP) is 4.85. The summed E-state index contributed by atoms with van der Waals surface area (Å²) in [5.74, 6) is 0.475. The predicted molar refractivity (Wildman–Crippen MR) is 119 cm³/mol. The molecule has 1 atom stereocenters. The lowest BCUT2D eigenvalue weighted by molar-refractivity contribution is 0.0697. The first-order valence-corrected chi connectivity index (χ1v) is 10.6.